The van der Waals surface area contributed by atoms with Gasteiger partial charge in [0.2, 0.25) is 0 Å². The van der Waals surface area contributed by atoms with Crippen molar-refractivity contribution in [2.75, 3.05) is 32.1 Å². The molecule has 1 fully saturated rings. The van der Waals surface area contributed by atoms with Gasteiger partial charge in [-0.25, -0.2) is 4.98 Å². The first-order chi connectivity index (χ1) is 7.72. The van der Waals surface area contributed by atoms with Crippen molar-refractivity contribution in [2.24, 2.45) is 0 Å². The van der Waals surface area contributed by atoms with Gasteiger partial charge in [-0.15, -0.1) is 0 Å². The molecule has 3 heteroatoms. The molecule has 0 saturated carbocycles. The lowest BCUT2D eigenvalue weighted by molar-refractivity contribution is 0.271. The minimum atomic E-state index is 0.591. The first-order valence-corrected chi connectivity index (χ1v) is 6.09. The van der Waals surface area contributed by atoms with Gasteiger partial charge in [-0.1, -0.05) is 13.0 Å². The van der Waals surface area contributed by atoms with Crippen molar-refractivity contribution in [1.29, 1.82) is 0 Å². The van der Waals surface area contributed by atoms with Gasteiger partial charge >= 0.3 is 0 Å². The van der Waals surface area contributed by atoms with Crippen molar-refractivity contribution >= 4 is 5.82 Å². The fourth-order valence-corrected chi connectivity index (χ4v) is 2.44. The maximum absolute atomic E-state index is 4.49. The van der Waals surface area contributed by atoms with Gasteiger partial charge in [0.15, 0.2) is 0 Å². The first kappa shape index (κ1) is 11.4. The average Bonchev–Trinajstić information content (AvgIpc) is 2.77. The fraction of sp³-hybridized carbons (Fsp3) is 0.615. The van der Waals surface area contributed by atoms with Crippen LogP contribution in [0, 0.1) is 0 Å². The Balaban J connectivity index is 2.15. The predicted octanol–water partition coefficient (Wildman–Crippen LogP) is 2.30. The number of likely N-dealkylation sites (tertiary alicyclic amines) is 1. The molecule has 0 aromatic carbocycles. The van der Waals surface area contributed by atoms with E-state index < -0.39 is 0 Å². The molecule has 0 bridgehead atoms. The molecule has 0 radical (unpaired) electrons. The van der Waals surface area contributed by atoms with Crippen LogP contribution in [0.2, 0.25) is 0 Å². The Morgan fingerprint density at radius 1 is 1.44 bits per heavy atom. The number of aromatic nitrogens is 1. The standard InChI is InChI=1S/C13H21N3/c1-4-16-9-5-6-12(16)11-7-8-13(14-10-11)15(2)3/h7-8,10,12H,4-6,9H2,1-3H3/t12-/m1/s1. The lowest BCUT2D eigenvalue weighted by Crippen LogP contribution is -2.22. The maximum atomic E-state index is 4.49. The summed E-state index contributed by atoms with van der Waals surface area (Å²) in [6, 6.07) is 4.93. The Morgan fingerprint density at radius 2 is 2.25 bits per heavy atom. The normalized spacial score (nSPS) is 21.3. The molecule has 2 heterocycles. The fourth-order valence-electron chi connectivity index (χ4n) is 2.44. The monoisotopic (exact) mass is 219 g/mol. The molecule has 1 atom stereocenters. The number of pyridine rings is 1. The molecule has 1 aromatic rings. The van der Waals surface area contributed by atoms with Crippen molar-refractivity contribution in [3.8, 4) is 0 Å². The van der Waals surface area contributed by atoms with E-state index in [0.29, 0.717) is 6.04 Å². The van der Waals surface area contributed by atoms with Crippen molar-refractivity contribution in [3.63, 3.8) is 0 Å². The van der Waals surface area contributed by atoms with Gasteiger partial charge in [-0.3, -0.25) is 4.90 Å². The Hall–Kier alpha value is -1.09. The van der Waals surface area contributed by atoms with Gasteiger partial charge in [-0.2, -0.15) is 0 Å². The van der Waals surface area contributed by atoms with Crippen LogP contribution in [0.1, 0.15) is 31.4 Å². The molecule has 3 nitrogen and oxygen atoms in total. The highest BCUT2D eigenvalue weighted by Crippen LogP contribution is 2.31. The molecule has 0 unspecified atom stereocenters. The van der Waals surface area contributed by atoms with Crippen LogP contribution in [0.15, 0.2) is 18.3 Å². The lowest BCUT2D eigenvalue weighted by Gasteiger charge is -2.23. The van der Waals surface area contributed by atoms with Crippen molar-refractivity contribution < 1.29 is 0 Å². The minimum Gasteiger partial charge on any atom is -0.363 e. The second kappa shape index (κ2) is 4.83. The van der Waals surface area contributed by atoms with E-state index in [1.165, 1.54) is 24.9 Å². The van der Waals surface area contributed by atoms with Crippen LogP contribution in [0.5, 0.6) is 0 Å². The van der Waals surface area contributed by atoms with Crippen LogP contribution in [-0.4, -0.2) is 37.1 Å². The zero-order valence-electron chi connectivity index (χ0n) is 10.5. The third-order valence-electron chi connectivity index (χ3n) is 3.38. The topological polar surface area (TPSA) is 19.4 Å². The van der Waals surface area contributed by atoms with E-state index in [2.05, 4.69) is 28.9 Å². The Bertz CT molecular complexity index is 332. The molecule has 0 aliphatic carbocycles. The highest BCUT2D eigenvalue weighted by Gasteiger charge is 2.24. The van der Waals surface area contributed by atoms with Gasteiger partial charge in [0.25, 0.3) is 0 Å². The molecule has 1 aliphatic rings. The van der Waals surface area contributed by atoms with Gasteiger partial charge in [0, 0.05) is 26.3 Å². The van der Waals surface area contributed by atoms with Gasteiger partial charge in [-0.05, 0) is 37.6 Å². The second-order valence-electron chi connectivity index (χ2n) is 4.63. The summed E-state index contributed by atoms with van der Waals surface area (Å²) in [6.45, 7) is 4.61. The van der Waals surface area contributed by atoms with E-state index in [1.54, 1.807) is 0 Å². The molecule has 0 N–H and O–H groups in total. The van der Waals surface area contributed by atoms with E-state index in [1.807, 2.05) is 25.2 Å². The van der Waals surface area contributed by atoms with Gasteiger partial charge in [0.1, 0.15) is 5.82 Å². The number of hydrogen-bond donors (Lipinski definition) is 0. The number of rotatable bonds is 3. The zero-order valence-corrected chi connectivity index (χ0v) is 10.5. The van der Waals surface area contributed by atoms with Crippen LogP contribution in [0.4, 0.5) is 5.82 Å². The van der Waals surface area contributed by atoms with Crippen molar-refractivity contribution in [1.82, 2.24) is 9.88 Å². The second-order valence-corrected chi connectivity index (χ2v) is 4.63. The highest BCUT2D eigenvalue weighted by atomic mass is 15.2. The van der Waals surface area contributed by atoms with Crippen LogP contribution < -0.4 is 4.90 Å². The molecule has 1 saturated heterocycles. The molecule has 0 amide bonds. The van der Waals surface area contributed by atoms with Crippen molar-refractivity contribution in [3.05, 3.63) is 23.9 Å². The highest BCUT2D eigenvalue weighted by molar-refractivity contribution is 5.37. The Kier molecular flexibility index (Phi) is 3.44. The summed E-state index contributed by atoms with van der Waals surface area (Å²) in [5, 5.41) is 0. The van der Waals surface area contributed by atoms with Gasteiger partial charge < -0.3 is 4.90 Å². The summed E-state index contributed by atoms with van der Waals surface area (Å²) in [5.74, 6) is 1.03. The summed E-state index contributed by atoms with van der Waals surface area (Å²) in [4.78, 5) is 9.06. The smallest absolute Gasteiger partial charge is 0.127 e. The Morgan fingerprint density at radius 3 is 2.81 bits per heavy atom. The van der Waals surface area contributed by atoms with E-state index in [4.69, 9.17) is 0 Å². The quantitative estimate of drug-likeness (QED) is 0.777. The third-order valence-corrected chi connectivity index (χ3v) is 3.38. The largest absolute Gasteiger partial charge is 0.363 e. The van der Waals surface area contributed by atoms with E-state index in [-0.39, 0.29) is 0 Å². The van der Waals surface area contributed by atoms with E-state index >= 15 is 0 Å². The molecule has 0 spiro atoms. The minimum absolute atomic E-state index is 0.591. The predicted molar refractivity (Wildman–Crippen MR) is 67.8 cm³/mol. The van der Waals surface area contributed by atoms with E-state index in [9.17, 15) is 0 Å². The molecule has 16 heavy (non-hydrogen) atoms. The third kappa shape index (κ3) is 2.19. The molecule has 2 rings (SSSR count). The lowest BCUT2D eigenvalue weighted by atomic mass is 10.1. The first-order valence-electron chi connectivity index (χ1n) is 6.09. The number of anilines is 1. The SMILES string of the molecule is CCN1CCC[C@@H]1c1ccc(N(C)C)nc1. The van der Waals surface area contributed by atoms with E-state index in [0.717, 1.165) is 12.4 Å². The molecule has 1 aliphatic heterocycles. The number of hydrogen-bond acceptors (Lipinski definition) is 3. The molecular formula is C13H21N3. The van der Waals surface area contributed by atoms with Crippen LogP contribution >= 0.6 is 0 Å². The van der Waals surface area contributed by atoms with Crippen LogP contribution in [-0.2, 0) is 0 Å². The summed E-state index contributed by atoms with van der Waals surface area (Å²) in [7, 11) is 4.05. The molecular weight excluding hydrogens is 198 g/mol. The zero-order chi connectivity index (χ0) is 11.5. The summed E-state index contributed by atoms with van der Waals surface area (Å²) < 4.78 is 0. The number of nitrogens with zero attached hydrogens (tertiary/aromatic N) is 3. The summed E-state index contributed by atoms with van der Waals surface area (Å²) in [6.07, 6.45) is 4.62. The molecule has 88 valence electrons. The van der Waals surface area contributed by atoms with Crippen molar-refractivity contribution in [2.45, 2.75) is 25.8 Å². The Labute approximate surface area is 98.1 Å². The molecule has 1 aromatic heterocycles. The van der Waals surface area contributed by atoms with Crippen LogP contribution in [0.3, 0.4) is 0 Å². The maximum Gasteiger partial charge on any atom is 0.127 e. The van der Waals surface area contributed by atoms with Gasteiger partial charge in [0.05, 0.1) is 0 Å². The summed E-state index contributed by atoms with van der Waals surface area (Å²) in [5.41, 5.74) is 1.37. The average molecular weight is 219 g/mol. The summed E-state index contributed by atoms with van der Waals surface area (Å²) >= 11 is 0. The van der Waals surface area contributed by atoms with Crippen LogP contribution in [0.25, 0.3) is 0 Å².